The van der Waals surface area contributed by atoms with Crippen LogP contribution >= 0.6 is 0 Å². The maximum atomic E-state index is 3.41. The Balaban J connectivity index is 3.36. The third kappa shape index (κ3) is 8.29. The van der Waals surface area contributed by atoms with Gasteiger partial charge in [-0.05, 0) is 25.8 Å². The number of rotatable bonds is 8. The first-order chi connectivity index (χ1) is 6.20. The molecule has 0 aromatic carbocycles. The van der Waals surface area contributed by atoms with E-state index in [1.165, 1.54) is 38.5 Å². The van der Waals surface area contributed by atoms with Crippen LogP contribution in [0.15, 0.2) is 0 Å². The molecule has 0 aliphatic carbocycles. The summed E-state index contributed by atoms with van der Waals surface area (Å²) >= 11 is 0. The van der Waals surface area contributed by atoms with Crippen LogP contribution in [0.3, 0.4) is 0 Å². The monoisotopic (exact) mass is 185 g/mol. The number of hydrogen-bond donors (Lipinski definition) is 1. The lowest BCUT2D eigenvalue weighted by Gasteiger charge is -2.16. The fraction of sp³-hybridized carbons (Fsp3) is 1.00. The zero-order chi connectivity index (χ0) is 10.1. The van der Waals surface area contributed by atoms with Gasteiger partial charge in [-0.2, -0.15) is 0 Å². The second kappa shape index (κ2) is 8.55. The molecule has 0 aliphatic rings. The average molecular weight is 185 g/mol. The number of unbranched alkanes of at least 4 members (excludes halogenated alkanes) is 1. The molecule has 0 aromatic rings. The van der Waals surface area contributed by atoms with Crippen molar-refractivity contribution in [3.05, 3.63) is 0 Å². The van der Waals surface area contributed by atoms with Crippen molar-refractivity contribution in [3.8, 4) is 0 Å². The van der Waals surface area contributed by atoms with Gasteiger partial charge in [0.25, 0.3) is 0 Å². The molecule has 0 heterocycles. The van der Waals surface area contributed by atoms with Gasteiger partial charge < -0.3 is 5.32 Å². The first-order valence-electron chi connectivity index (χ1n) is 5.88. The lowest BCUT2D eigenvalue weighted by atomic mass is 10.00. The highest BCUT2D eigenvalue weighted by Gasteiger charge is 2.05. The van der Waals surface area contributed by atoms with E-state index < -0.39 is 0 Å². The van der Waals surface area contributed by atoms with Crippen molar-refractivity contribution in [2.75, 3.05) is 7.05 Å². The van der Waals surface area contributed by atoms with E-state index in [-0.39, 0.29) is 0 Å². The van der Waals surface area contributed by atoms with E-state index in [9.17, 15) is 0 Å². The third-order valence-corrected chi connectivity index (χ3v) is 2.65. The topological polar surface area (TPSA) is 12.0 Å². The molecule has 0 rings (SSSR count). The van der Waals surface area contributed by atoms with E-state index >= 15 is 0 Å². The van der Waals surface area contributed by atoms with Crippen LogP contribution in [-0.2, 0) is 0 Å². The summed E-state index contributed by atoms with van der Waals surface area (Å²) < 4.78 is 0. The van der Waals surface area contributed by atoms with E-state index in [4.69, 9.17) is 0 Å². The van der Waals surface area contributed by atoms with Crippen LogP contribution in [0.1, 0.15) is 59.3 Å². The summed E-state index contributed by atoms with van der Waals surface area (Å²) in [7, 11) is 2.09. The standard InChI is InChI=1S/C12H27N/c1-5-6-9-12(13-4)10-7-8-11(2)3/h11-13H,5-10H2,1-4H3. The van der Waals surface area contributed by atoms with Gasteiger partial charge in [-0.1, -0.05) is 46.5 Å². The molecule has 1 heteroatoms. The molecular weight excluding hydrogens is 158 g/mol. The van der Waals surface area contributed by atoms with Crippen molar-refractivity contribution >= 4 is 0 Å². The SMILES string of the molecule is CCCCC(CCCC(C)C)NC. The number of hydrogen-bond acceptors (Lipinski definition) is 1. The van der Waals surface area contributed by atoms with Gasteiger partial charge >= 0.3 is 0 Å². The highest BCUT2D eigenvalue weighted by Crippen LogP contribution is 2.11. The highest BCUT2D eigenvalue weighted by atomic mass is 14.9. The largest absolute Gasteiger partial charge is 0.317 e. The van der Waals surface area contributed by atoms with Crippen molar-refractivity contribution < 1.29 is 0 Å². The smallest absolute Gasteiger partial charge is 0.00640 e. The summed E-state index contributed by atoms with van der Waals surface area (Å²) in [6, 6.07) is 0.763. The minimum Gasteiger partial charge on any atom is -0.317 e. The van der Waals surface area contributed by atoms with E-state index in [1.807, 2.05) is 0 Å². The van der Waals surface area contributed by atoms with Crippen LogP contribution in [0.25, 0.3) is 0 Å². The van der Waals surface area contributed by atoms with Gasteiger partial charge in [0.05, 0.1) is 0 Å². The first kappa shape index (κ1) is 13.0. The van der Waals surface area contributed by atoms with E-state index in [1.54, 1.807) is 0 Å². The molecule has 0 amide bonds. The van der Waals surface area contributed by atoms with Crippen molar-refractivity contribution in [1.82, 2.24) is 5.32 Å². The third-order valence-electron chi connectivity index (χ3n) is 2.65. The summed E-state index contributed by atoms with van der Waals surface area (Å²) in [6.45, 7) is 6.88. The van der Waals surface area contributed by atoms with Gasteiger partial charge in [-0.3, -0.25) is 0 Å². The molecule has 13 heavy (non-hydrogen) atoms. The minimum absolute atomic E-state index is 0.763. The van der Waals surface area contributed by atoms with Crippen LogP contribution in [0.4, 0.5) is 0 Å². The second-order valence-electron chi connectivity index (χ2n) is 4.45. The summed E-state index contributed by atoms with van der Waals surface area (Å²) in [5, 5.41) is 3.41. The highest BCUT2D eigenvalue weighted by molar-refractivity contribution is 4.64. The van der Waals surface area contributed by atoms with Gasteiger partial charge in [0.15, 0.2) is 0 Å². The van der Waals surface area contributed by atoms with Crippen molar-refractivity contribution in [2.45, 2.75) is 65.3 Å². The van der Waals surface area contributed by atoms with Gasteiger partial charge in [0, 0.05) is 6.04 Å². The maximum Gasteiger partial charge on any atom is 0.00640 e. The quantitative estimate of drug-likeness (QED) is 0.609. The van der Waals surface area contributed by atoms with E-state index in [0.29, 0.717) is 0 Å². The molecule has 80 valence electrons. The molecule has 0 spiro atoms. The molecule has 1 unspecified atom stereocenters. The van der Waals surface area contributed by atoms with Crippen LogP contribution < -0.4 is 5.32 Å². The molecule has 1 nitrogen and oxygen atoms in total. The lowest BCUT2D eigenvalue weighted by Crippen LogP contribution is -2.24. The van der Waals surface area contributed by atoms with Crippen LogP contribution in [0.2, 0.25) is 0 Å². The molecule has 0 bridgehead atoms. The zero-order valence-electron chi connectivity index (χ0n) is 9.90. The van der Waals surface area contributed by atoms with Gasteiger partial charge in [0.1, 0.15) is 0 Å². The second-order valence-corrected chi connectivity index (χ2v) is 4.45. The Morgan fingerprint density at radius 3 is 2.08 bits per heavy atom. The summed E-state index contributed by atoms with van der Waals surface area (Å²) in [5.74, 6) is 0.865. The van der Waals surface area contributed by atoms with Crippen LogP contribution in [0, 0.1) is 5.92 Å². The summed E-state index contributed by atoms with van der Waals surface area (Å²) in [4.78, 5) is 0. The zero-order valence-corrected chi connectivity index (χ0v) is 9.90. The summed E-state index contributed by atoms with van der Waals surface area (Å²) in [6.07, 6.45) is 8.16. The number of nitrogens with one attached hydrogen (secondary N) is 1. The average Bonchev–Trinajstić information content (AvgIpc) is 2.10. The molecule has 0 aromatic heterocycles. The Bertz CT molecular complexity index is 99.3. The van der Waals surface area contributed by atoms with Crippen molar-refractivity contribution in [3.63, 3.8) is 0 Å². The molecule has 0 radical (unpaired) electrons. The van der Waals surface area contributed by atoms with E-state index in [2.05, 4.69) is 33.1 Å². The molecule has 0 fully saturated rings. The van der Waals surface area contributed by atoms with Crippen LogP contribution in [0.5, 0.6) is 0 Å². The van der Waals surface area contributed by atoms with Crippen molar-refractivity contribution in [2.24, 2.45) is 5.92 Å². The fourth-order valence-corrected chi connectivity index (χ4v) is 1.66. The Kier molecular flexibility index (Phi) is 8.53. The summed E-state index contributed by atoms with van der Waals surface area (Å²) in [5.41, 5.74) is 0. The predicted octanol–water partition coefficient (Wildman–Crippen LogP) is 3.59. The molecule has 1 atom stereocenters. The van der Waals surface area contributed by atoms with Crippen molar-refractivity contribution in [1.29, 1.82) is 0 Å². The normalized spacial score (nSPS) is 13.6. The molecule has 0 saturated carbocycles. The Morgan fingerprint density at radius 1 is 1.00 bits per heavy atom. The molecule has 1 N–H and O–H groups in total. The lowest BCUT2D eigenvalue weighted by molar-refractivity contribution is 0.430. The fourth-order valence-electron chi connectivity index (χ4n) is 1.66. The van der Waals surface area contributed by atoms with E-state index in [0.717, 1.165) is 12.0 Å². The Labute approximate surface area is 84.3 Å². The van der Waals surface area contributed by atoms with Crippen LogP contribution in [-0.4, -0.2) is 13.1 Å². The molecule has 0 saturated heterocycles. The first-order valence-corrected chi connectivity index (χ1v) is 5.88. The Morgan fingerprint density at radius 2 is 1.62 bits per heavy atom. The maximum absolute atomic E-state index is 3.41. The predicted molar refractivity (Wildman–Crippen MR) is 61.1 cm³/mol. The van der Waals surface area contributed by atoms with Gasteiger partial charge in [-0.25, -0.2) is 0 Å². The molecule has 0 aliphatic heterocycles. The van der Waals surface area contributed by atoms with Gasteiger partial charge in [0.2, 0.25) is 0 Å². The Hall–Kier alpha value is -0.0400. The molecular formula is C12H27N. The minimum atomic E-state index is 0.763. The van der Waals surface area contributed by atoms with Gasteiger partial charge in [-0.15, -0.1) is 0 Å².